The van der Waals surface area contributed by atoms with Crippen LogP contribution in [0.25, 0.3) is 0 Å². The summed E-state index contributed by atoms with van der Waals surface area (Å²) >= 11 is 0. The van der Waals surface area contributed by atoms with Crippen LogP contribution in [0.15, 0.2) is 47.1 Å². The maximum absolute atomic E-state index is 12.3. The standard InChI is InChI=1S/C18H22N2O4/c21-18(19-7-8-20-9-12-22-13-10-20)17-15(6-11-23-17)14-24-16-4-2-1-3-5-16/h1-6,11H,7-10,12-14H2,(H,19,21). The smallest absolute Gasteiger partial charge is 0.287 e. The van der Waals surface area contributed by atoms with E-state index < -0.39 is 0 Å². The molecule has 0 spiro atoms. The molecule has 6 heteroatoms. The van der Waals surface area contributed by atoms with Crippen LogP contribution in [-0.4, -0.2) is 50.2 Å². The van der Waals surface area contributed by atoms with Gasteiger partial charge in [0.15, 0.2) is 5.76 Å². The van der Waals surface area contributed by atoms with Crippen molar-refractivity contribution in [3.63, 3.8) is 0 Å². The number of carbonyl (C=O) groups excluding carboxylic acids is 1. The molecule has 1 amide bonds. The van der Waals surface area contributed by atoms with Gasteiger partial charge in [-0.3, -0.25) is 9.69 Å². The van der Waals surface area contributed by atoms with Gasteiger partial charge in [0, 0.05) is 31.7 Å². The molecule has 2 heterocycles. The molecule has 1 aliphatic heterocycles. The lowest BCUT2D eigenvalue weighted by atomic mass is 10.2. The molecule has 1 aromatic carbocycles. The highest BCUT2D eigenvalue weighted by Crippen LogP contribution is 2.15. The molecule has 0 radical (unpaired) electrons. The Morgan fingerprint density at radius 2 is 1.96 bits per heavy atom. The molecule has 128 valence electrons. The predicted molar refractivity (Wildman–Crippen MR) is 89.1 cm³/mol. The number of nitrogens with one attached hydrogen (secondary N) is 1. The van der Waals surface area contributed by atoms with Crippen LogP contribution >= 0.6 is 0 Å². The average Bonchev–Trinajstić information content (AvgIpc) is 3.10. The Hall–Kier alpha value is -2.31. The molecule has 24 heavy (non-hydrogen) atoms. The van der Waals surface area contributed by atoms with Crippen molar-refractivity contribution in [1.82, 2.24) is 10.2 Å². The summed E-state index contributed by atoms with van der Waals surface area (Å²) < 4.78 is 16.3. The van der Waals surface area contributed by atoms with E-state index in [2.05, 4.69) is 10.2 Å². The number of nitrogens with zero attached hydrogens (tertiary/aromatic N) is 1. The van der Waals surface area contributed by atoms with E-state index in [1.54, 1.807) is 6.07 Å². The number of rotatable bonds is 7. The zero-order valence-electron chi connectivity index (χ0n) is 13.6. The van der Waals surface area contributed by atoms with Gasteiger partial charge in [0.05, 0.1) is 19.5 Å². The monoisotopic (exact) mass is 330 g/mol. The Morgan fingerprint density at radius 1 is 1.17 bits per heavy atom. The Labute approximate surface area is 141 Å². The van der Waals surface area contributed by atoms with Crippen LogP contribution in [0.2, 0.25) is 0 Å². The third kappa shape index (κ3) is 4.59. The molecule has 0 unspecified atom stereocenters. The van der Waals surface area contributed by atoms with Crippen LogP contribution in [-0.2, 0) is 11.3 Å². The zero-order valence-corrected chi connectivity index (χ0v) is 13.6. The largest absolute Gasteiger partial charge is 0.489 e. The summed E-state index contributed by atoms with van der Waals surface area (Å²) in [5.74, 6) is 0.866. The molecule has 1 fully saturated rings. The average molecular weight is 330 g/mol. The van der Waals surface area contributed by atoms with E-state index in [-0.39, 0.29) is 5.91 Å². The number of morpholine rings is 1. The first-order valence-electron chi connectivity index (χ1n) is 8.15. The Kier molecular flexibility index (Phi) is 5.87. The predicted octanol–water partition coefficient (Wildman–Crippen LogP) is 1.92. The second-order valence-corrected chi connectivity index (χ2v) is 5.59. The van der Waals surface area contributed by atoms with E-state index in [1.165, 1.54) is 6.26 Å². The van der Waals surface area contributed by atoms with Crippen molar-refractivity contribution in [2.75, 3.05) is 39.4 Å². The molecule has 3 rings (SSSR count). The number of para-hydroxylation sites is 1. The zero-order chi connectivity index (χ0) is 16.6. The molecule has 1 saturated heterocycles. The molecule has 2 aromatic rings. The van der Waals surface area contributed by atoms with Crippen molar-refractivity contribution in [2.24, 2.45) is 0 Å². The van der Waals surface area contributed by atoms with Crippen molar-refractivity contribution in [1.29, 1.82) is 0 Å². The van der Waals surface area contributed by atoms with Gasteiger partial charge in [0.2, 0.25) is 0 Å². The number of amides is 1. The van der Waals surface area contributed by atoms with Crippen LogP contribution < -0.4 is 10.1 Å². The molecule has 6 nitrogen and oxygen atoms in total. The van der Waals surface area contributed by atoms with Gasteiger partial charge < -0.3 is 19.2 Å². The number of hydrogen-bond donors (Lipinski definition) is 1. The number of ether oxygens (including phenoxy) is 2. The minimum Gasteiger partial charge on any atom is -0.489 e. The lowest BCUT2D eigenvalue weighted by molar-refractivity contribution is 0.0382. The molecule has 1 aliphatic rings. The lowest BCUT2D eigenvalue weighted by Crippen LogP contribution is -2.41. The van der Waals surface area contributed by atoms with Gasteiger partial charge in [-0.25, -0.2) is 0 Å². The number of benzene rings is 1. The van der Waals surface area contributed by atoms with Gasteiger partial charge in [0.1, 0.15) is 12.4 Å². The molecular formula is C18H22N2O4. The van der Waals surface area contributed by atoms with E-state index in [4.69, 9.17) is 13.9 Å². The fourth-order valence-electron chi connectivity index (χ4n) is 2.56. The van der Waals surface area contributed by atoms with Gasteiger partial charge >= 0.3 is 0 Å². The Balaban J connectivity index is 1.47. The van der Waals surface area contributed by atoms with Gasteiger partial charge in [-0.05, 0) is 18.2 Å². The first-order valence-corrected chi connectivity index (χ1v) is 8.15. The molecular weight excluding hydrogens is 308 g/mol. The van der Waals surface area contributed by atoms with Crippen molar-refractivity contribution >= 4 is 5.91 Å². The fourth-order valence-corrected chi connectivity index (χ4v) is 2.56. The van der Waals surface area contributed by atoms with E-state index in [0.717, 1.165) is 44.2 Å². The van der Waals surface area contributed by atoms with Crippen LogP contribution in [0.5, 0.6) is 5.75 Å². The minimum absolute atomic E-state index is 0.208. The maximum atomic E-state index is 12.3. The van der Waals surface area contributed by atoms with E-state index >= 15 is 0 Å². The number of hydrogen-bond acceptors (Lipinski definition) is 5. The highest BCUT2D eigenvalue weighted by atomic mass is 16.5. The summed E-state index contributed by atoms with van der Waals surface area (Å²) in [5.41, 5.74) is 0.739. The third-order valence-corrected chi connectivity index (χ3v) is 3.91. The number of furan rings is 1. The molecule has 0 aliphatic carbocycles. The van der Waals surface area contributed by atoms with Gasteiger partial charge in [-0.1, -0.05) is 18.2 Å². The first kappa shape index (κ1) is 16.5. The summed E-state index contributed by atoms with van der Waals surface area (Å²) in [6.07, 6.45) is 1.51. The quantitative estimate of drug-likeness (QED) is 0.840. The van der Waals surface area contributed by atoms with E-state index in [0.29, 0.717) is 18.9 Å². The molecule has 0 bridgehead atoms. The second-order valence-electron chi connectivity index (χ2n) is 5.59. The van der Waals surface area contributed by atoms with Gasteiger partial charge in [0.25, 0.3) is 5.91 Å². The van der Waals surface area contributed by atoms with Crippen LogP contribution in [0, 0.1) is 0 Å². The van der Waals surface area contributed by atoms with E-state index in [1.807, 2.05) is 30.3 Å². The summed E-state index contributed by atoms with van der Waals surface area (Å²) in [6, 6.07) is 11.3. The third-order valence-electron chi connectivity index (χ3n) is 3.91. The molecule has 1 N–H and O–H groups in total. The molecule has 0 saturated carbocycles. The minimum atomic E-state index is -0.208. The van der Waals surface area contributed by atoms with Gasteiger partial charge in [-0.2, -0.15) is 0 Å². The van der Waals surface area contributed by atoms with Gasteiger partial charge in [-0.15, -0.1) is 0 Å². The summed E-state index contributed by atoms with van der Waals surface area (Å²) in [7, 11) is 0. The fraction of sp³-hybridized carbons (Fsp3) is 0.389. The van der Waals surface area contributed by atoms with Crippen LogP contribution in [0.4, 0.5) is 0 Å². The molecule has 1 aromatic heterocycles. The second kappa shape index (κ2) is 8.52. The number of carbonyl (C=O) groups is 1. The normalized spacial score (nSPS) is 15.2. The van der Waals surface area contributed by atoms with Crippen LogP contribution in [0.3, 0.4) is 0 Å². The highest BCUT2D eigenvalue weighted by molar-refractivity contribution is 5.92. The Bertz CT molecular complexity index is 635. The summed E-state index contributed by atoms with van der Waals surface area (Å²) in [5, 5.41) is 2.90. The maximum Gasteiger partial charge on any atom is 0.287 e. The van der Waals surface area contributed by atoms with E-state index in [9.17, 15) is 4.79 Å². The SMILES string of the molecule is O=C(NCCN1CCOCC1)c1occc1COc1ccccc1. The summed E-state index contributed by atoms with van der Waals surface area (Å²) in [4.78, 5) is 14.5. The highest BCUT2D eigenvalue weighted by Gasteiger charge is 2.16. The first-order chi connectivity index (χ1) is 11.8. The van der Waals surface area contributed by atoms with Crippen molar-refractivity contribution < 1.29 is 18.7 Å². The van der Waals surface area contributed by atoms with Crippen LogP contribution in [0.1, 0.15) is 16.1 Å². The van der Waals surface area contributed by atoms with Crippen molar-refractivity contribution in [2.45, 2.75) is 6.61 Å². The molecule has 0 atom stereocenters. The Morgan fingerprint density at radius 3 is 2.75 bits per heavy atom. The topological polar surface area (TPSA) is 63.9 Å². The lowest BCUT2D eigenvalue weighted by Gasteiger charge is -2.26. The van der Waals surface area contributed by atoms with Crippen molar-refractivity contribution in [3.05, 3.63) is 54.0 Å². The van der Waals surface area contributed by atoms with Crippen molar-refractivity contribution in [3.8, 4) is 5.75 Å². The summed E-state index contributed by atoms with van der Waals surface area (Å²) in [6.45, 7) is 5.02.